The van der Waals surface area contributed by atoms with Gasteiger partial charge < -0.3 is 25.4 Å². The van der Waals surface area contributed by atoms with Crippen molar-refractivity contribution in [2.75, 3.05) is 35.7 Å². The molecule has 1 atom stereocenters. The van der Waals surface area contributed by atoms with Crippen LogP contribution in [0.4, 0.5) is 43.7 Å². The predicted octanol–water partition coefficient (Wildman–Crippen LogP) is 10.4. The van der Waals surface area contributed by atoms with E-state index >= 15 is 0 Å². The fourth-order valence-electron chi connectivity index (χ4n) is 5.06. The van der Waals surface area contributed by atoms with Crippen LogP contribution in [-0.4, -0.2) is 59.2 Å². The highest BCUT2D eigenvalue weighted by atomic mass is 35.5. The van der Waals surface area contributed by atoms with Crippen LogP contribution in [0.25, 0.3) is 11.0 Å². The Bertz CT molecular complexity index is 1660. The van der Waals surface area contributed by atoms with Crippen molar-refractivity contribution in [3.63, 3.8) is 0 Å². The van der Waals surface area contributed by atoms with Gasteiger partial charge in [-0.15, -0.1) is 11.6 Å². The number of carbonyl (C=O) groups excluding carboxylic acids is 2. The minimum atomic E-state index is -4.51. The predicted molar refractivity (Wildman–Crippen MR) is 198 cm³/mol. The highest BCUT2D eigenvalue weighted by molar-refractivity contribution is 6.39. The number of imidazole rings is 1. The Labute approximate surface area is 315 Å². The molecule has 8 nitrogen and oxygen atoms in total. The van der Waals surface area contributed by atoms with E-state index in [9.17, 15) is 35.9 Å². The number of piperidine rings is 1. The number of halogens is 9. The number of nitrogens with zero attached hydrogens (tertiary/aromatic N) is 3. The lowest BCUT2D eigenvalue weighted by Crippen LogP contribution is -2.42. The first-order chi connectivity index (χ1) is 24.2. The third kappa shape index (κ3) is 12.5. The first-order valence-corrected chi connectivity index (χ1v) is 18.2. The molecule has 1 unspecified atom stereocenters. The van der Waals surface area contributed by atoms with Crippen molar-refractivity contribution in [1.29, 1.82) is 0 Å². The van der Waals surface area contributed by atoms with E-state index in [0.717, 1.165) is 12.3 Å². The van der Waals surface area contributed by atoms with Crippen molar-refractivity contribution in [2.24, 2.45) is 18.4 Å². The average Bonchev–Trinajstić information content (AvgIpc) is 3.38. The number of amides is 2. The van der Waals surface area contributed by atoms with Gasteiger partial charge in [-0.2, -0.15) is 26.3 Å². The second-order valence-electron chi connectivity index (χ2n) is 12.9. The first kappa shape index (κ1) is 45.1. The lowest BCUT2D eigenvalue weighted by molar-refractivity contribution is -0.176. The largest absolute Gasteiger partial charge is 0.393 e. The molecule has 1 aliphatic rings. The first-order valence-electron chi connectivity index (χ1n) is 16.9. The van der Waals surface area contributed by atoms with E-state index in [1.165, 1.54) is 17.0 Å². The van der Waals surface area contributed by atoms with Gasteiger partial charge in [-0.1, -0.05) is 70.8 Å². The fourth-order valence-corrected chi connectivity index (χ4v) is 5.59. The molecule has 1 saturated heterocycles. The monoisotopic (exact) mass is 802 g/mol. The van der Waals surface area contributed by atoms with Crippen molar-refractivity contribution >= 4 is 75.0 Å². The molecule has 4 rings (SSSR count). The summed E-state index contributed by atoms with van der Waals surface area (Å²) in [5.41, 5.74) is 0.942. The summed E-state index contributed by atoms with van der Waals surface area (Å²) in [4.78, 5) is 31.5. The second kappa shape index (κ2) is 19.3. The third-order valence-corrected chi connectivity index (χ3v) is 9.00. The molecule has 1 aliphatic heterocycles. The molecule has 0 bridgehead atoms. The van der Waals surface area contributed by atoms with Gasteiger partial charge in [-0.25, -0.2) is 4.98 Å². The molecule has 17 heteroatoms. The van der Waals surface area contributed by atoms with Crippen LogP contribution in [0, 0.1) is 11.3 Å². The second-order valence-corrected chi connectivity index (χ2v) is 14.1. The van der Waals surface area contributed by atoms with Gasteiger partial charge in [0.05, 0.1) is 50.4 Å². The molecule has 3 N–H and O–H groups in total. The van der Waals surface area contributed by atoms with Crippen molar-refractivity contribution in [3.05, 3.63) is 45.4 Å². The third-order valence-electron chi connectivity index (χ3n) is 7.88. The van der Waals surface area contributed by atoms with Crippen LogP contribution < -0.4 is 20.9 Å². The Balaban J connectivity index is 0.00000146. The number of aromatic nitrogens is 2. The lowest BCUT2D eigenvalue weighted by Gasteiger charge is -2.36. The maximum atomic E-state index is 13.7. The van der Waals surface area contributed by atoms with Crippen molar-refractivity contribution in [2.45, 2.75) is 86.1 Å². The molecular formula is C35H47Cl3F6N6O2. The highest BCUT2D eigenvalue weighted by Crippen LogP contribution is 2.39. The van der Waals surface area contributed by atoms with Crippen LogP contribution >= 0.6 is 34.8 Å². The van der Waals surface area contributed by atoms with Crippen LogP contribution in [0.1, 0.15) is 83.1 Å². The Kier molecular flexibility index (Phi) is 16.7. The summed E-state index contributed by atoms with van der Waals surface area (Å²) in [7, 11) is 1.63. The van der Waals surface area contributed by atoms with Crippen LogP contribution in [-0.2, 0) is 18.4 Å². The SMILES string of the molecule is CC.CCCCl.Cn1c(Nc2c(Cl)ccc(CNC(=O)C(C)(C)C)c2Cl)nc2cc(C(=O)NCCC(F)(F)F)c(N3CCCC(C(F)(F)F)C3)cc21. The summed E-state index contributed by atoms with van der Waals surface area (Å²) in [6.07, 6.45) is -9.01. The molecule has 2 amide bonds. The summed E-state index contributed by atoms with van der Waals surface area (Å²) >= 11 is 18.3. The quantitative estimate of drug-likeness (QED) is 0.148. The molecule has 0 saturated carbocycles. The van der Waals surface area contributed by atoms with Crippen molar-refractivity contribution < 1.29 is 35.9 Å². The van der Waals surface area contributed by atoms with Crippen LogP contribution in [0.5, 0.6) is 0 Å². The van der Waals surface area contributed by atoms with Crippen molar-refractivity contribution in [3.8, 4) is 0 Å². The van der Waals surface area contributed by atoms with Gasteiger partial charge in [0.15, 0.2) is 0 Å². The van der Waals surface area contributed by atoms with E-state index in [2.05, 4.69) is 20.9 Å². The Hall–Kier alpha value is -3.10. The number of anilines is 3. The zero-order valence-electron chi connectivity index (χ0n) is 30.3. The lowest BCUT2D eigenvalue weighted by atomic mass is 9.95. The summed E-state index contributed by atoms with van der Waals surface area (Å²) in [5, 5.41) is 8.57. The minimum Gasteiger partial charge on any atom is -0.370 e. The van der Waals surface area contributed by atoms with Crippen molar-refractivity contribution in [1.82, 2.24) is 20.2 Å². The van der Waals surface area contributed by atoms with Crippen LogP contribution in [0.3, 0.4) is 0 Å². The maximum absolute atomic E-state index is 13.7. The van der Waals surface area contributed by atoms with Gasteiger partial charge in [-0.05, 0) is 43.0 Å². The number of hydrogen-bond donors (Lipinski definition) is 3. The van der Waals surface area contributed by atoms with Gasteiger partial charge in [0, 0.05) is 44.5 Å². The zero-order valence-corrected chi connectivity index (χ0v) is 32.6. The standard InChI is InChI=1S/C30H34Cl2F6N6O2.C3H7Cl.C2H6/c1-28(2,3)26(46)40-14-16-7-8-19(31)24(23(16)32)42-27-41-20-12-18(25(45)39-10-9-29(33,34)35)21(13-22(20)43(27)4)44-11-5-6-17(15-44)30(36,37)38;1-2-3-4;1-2/h7-8,12-13,17H,5-6,9-11,14-15H2,1-4H3,(H,39,45)(H,40,46)(H,41,42);2-3H2,1H3;1-2H3. The number of aryl methyl sites for hydroxylation is 1. The Morgan fingerprint density at radius 2 is 1.65 bits per heavy atom. The summed E-state index contributed by atoms with van der Waals surface area (Å²) in [6, 6.07) is 6.10. The van der Waals surface area contributed by atoms with Gasteiger partial charge in [-0.3, -0.25) is 9.59 Å². The minimum absolute atomic E-state index is 0.0738. The van der Waals surface area contributed by atoms with Gasteiger partial charge in [0.2, 0.25) is 11.9 Å². The maximum Gasteiger partial charge on any atom is 0.393 e. The van der Waals surface area contributed by atoms with E-state index in [1.54, 1.807) is 44.5 Å². The topological polar surface area (TPSA) is 91.3 Å². The normalized spacial score (nSPS) is 14.9. The van der Waals surface area contributed by atoms with Crippen LogP contribution in [0.2, 0.25) is 10.0 Å². The van der Waals surface area contributed by atoms with Crippen LogP contribution in [0.15, 0.2) is 24.3 Å². The number of alkyl halides is 7. The molecule has 1 fully saturated rings. The number of hydrogen-bond acceptors (Lipinski definition) is 5. The van der Waals surface area contributed by atoms with E-state index in [1.807, 2.05) is 20.8 Å². The number of rotatable bonds is 9. The molecule has 292 valence electrons. The highest BCUT2D eigenvalue weighted by Gasteiger charge is 2.42. The number of nitrogens with one attached hydrogen (secondary N) is 3. The average molecular weight is 804 g/mol. The molecule has 0 radical (unpaired) electrons. The van der Waals surface area contributed by atoms with E-state index in [-0.39, 0.29) is 70.3 Å². The summed E-state index contributed by atoms with van der Waals surface area (Å²) in [5.74, 6) is -1.69. The molecular weight excluding hydrogens is 757 g/mol. The molecule has 2 heterocycles. The van der Waals surface area contributed by atoms with E-state index in [0.29, 0.717) is 11.1 Å². The number of fused-ring (bicyclic) bond motifs is 1. The molecule has 0 aliphatic carbocycles. The summed E-state index contributed by atoms with van der Waals surface area (Å²) in [6.45, 7) is 10.6. The Morgan fingerprint density at radius 1 is 1.02 bits per heavy atom. The van der Waals surface area contributed by atoms with E-state index in [4.69, 9.17) is 34.8 Å². The fraction of sp³-hybridized carbons (Fsp3) is 0.571. The Morgan fingerprint density at radius 3 is 2.21 bits per heavy atom. The summed E-state index contributed by atoms with van der Waals surface area (Å²) < 4.78 is 80.8. The van der Waals surface area contributed by atoms with Gasteiger partial charge >= 0.3 is 12.4 Å². The van der Waals surface area contributed by atoms with Gasteiger partial charge in [0.25, 0.3) is 5.91 Å². The smallest absolute Gasteiger partial charge is 0.370 e. The molecule has 1 aromatic heterocycles. The molecule has 52 heavy (non-hydrogen) atoms. The number of benzene rings is 2. The van der Waals surface area contributed by atoms with Gasteiger partial charge in [0.1, 0.15) is 0 Å². The molecule has 0 spiro atoms. The zero-order chi connectivity index (χ0) is 39.6. The molecule has 3 aromatic rings. The molecule has 2 aromatic carbocycles. The number of carbonyl (C=O) groups is 2. The van der Waals surface area contributed by atoms with E-state index < -0.39 is 49.1 Å².